The first-order valence-corrected chi connectivity index (χ1v) is 12.7. The van der Waals surface area contributed by atoms with Crippen LogP contribution in [-0.2, 0) is 6.54 Å². The Morgan fingerprint density at radius 2 is 1.74 bits per heavy atom. The van der Waals surface area contributed by atoms with Gasteiger partial charge in [0.15, 0.2) is 5.82 Å². The molecule has 0 unspecified atom stereocenters. The van der Waals surface area contributed by atoms with Gasteiger partial charge in [-0.05, 0) is 66.9 Å². The number of hydrogen-bond donors (Lipinski definition) is 0. The van der Waals surface area contributed by atoms with Crippen LogP contribution in [0.3, 0.4) is 0 Å². The molecule has 192 valence electrons. The lowest BCUT2D eigenvalue weighted by molar-refractivity contribution is 0.240. The fraction of sp³-hybridized carbons (Fsp3) is 0.233. The molecule has 1 saturated heterocycles. The Bertz CT molecular complexity index is 1620. The van der Waals surface area contributed by atoms with Gasteiger partial charge in [0.25, 0.3) is 5.89 Å². The first-order valence-electron chi connectivity index (χ1n) is 12.7. The van der Waals surface area contributed by atoms with Crippen molar-refractivity contribution in [1.29, 1.82) is 0 Å². The fourth-order valence-corrected chi connectivity index (χ4v) is 5.05. The second-order valence-corrected chi connectivity index (χ2v) is 9.71. The molecular formula is C30H27F2N5O. The van der Waals surface area contributed by atoms with Crippen molar-refractivity contribution >= 4 is 16.6 Å². The summed E-state index contributed by atoms with van der Waals surface area (Å²) in [6.07, 6.45) is 1.77. The van der Waals surface area contributed by atoms with Gasteiger partial charge >= 0.3 is 0 Å². The van der Waals surface area contributed by atoms with Gasteiger partial charge < -0.3 is 9.42 Å². The van der Waals surface area contributed by atoms with E-state index in [-0.39, 0.29) is 5.56 Å². The predicted octanol–water partition coefficient (Wildman–Crippen LogP) is 6.17. The van der Waals surface area contributed by atoms with E-state index in [0.717, 1.165) is 66.0 Å². The van der Waals surface area contributed by atoms with Gasteiger partial charge in [-0.3, -0.25) is 9.88 Å². The molecule has 0 bridgehead atoms. The average Bonchev–Trinajstić information content (AvgIpc) is 3.39. The van der Waals surface area contributed by atoms with Gasteiger partial charge in [-0.1, -0.05) is 29.4 Å². The zero-order chi connectivity index (χ0) is 26.2. The summed E-state index contributed by atoms with van der Waals surface area (Å²) in [5.41, 5.74) is 5.98. The number of pyridine rings is 1. The van der Waals surface area contributed by atoms with Gasteiger partial charge in [-0.15, -0.1) is 0 Å². The molecule has 6 rings (SSSR count). The molecule has 0 saturated carbocycles. The molecule has 38 heavy (non-hydrogen) atoms. The lowest BCUT2D eigenvalue weighted by atomic mass is 10.0. The molecule has 0 radical (unpaired) electrons. The number of benzene rings is 3. The normalized spacial score (nSPS) is 14.4. The topological polar surface area (TPSA) is 58.3 Å². The van der Waals surface area contributed by atoms with Crippen molar-refractivity contribution in [2.45, 2.75) is 20.4 Å². The molecule has 0 amide bonds. The van der Waals surface area contributed by atoms with Crippen molar-refractivity contribution in [1.82, 2.24) is 20.0 Å². The molecule has 0 atom stereocenters. The maximum atomic E-state index is 14.3. The Kier molecular flexibility index (Phi) is 6.33. The van der Waals surface area contributed by atoms with Crippen LogP contribution >= 0.6 is 0 Å². The van der Waals surface area contributed by atoms with Crippen LogP contribution in [0.5, 0.6) is 0 Å². The van der Waals surface area contributed by atoms with Crippen molar-refractivity contribution in [3.8, 4) is 22.6 Å². The second kappa shape index (κ2) is 9.95. The largest absolute Gasteiger partial charge is 0.368 e. The van der Waals surface area contributed by atoms with Crippen molar-refractivity contribution < 1.29 is 13.3 Å². The van der Waals surface area contributed by atoms with Crippen molar-refractivity contribution in [3.05, 3.63) is 95.4 Å². The highest BCUT2D eigenvalue weighted by Gasteiger charge is 2.21. The van der Waals surface area contributed by atoms with E-state index in [2.05, 4.69) is 44.8 Å². The van der Waals surface area contributed by atoms with Crippen LogP contribution in [0.1, 0.15) is 17.0 Å². The predicted molar refractivity (Wildman–Crippen MR) is 144 cm³/mol. The Labute approximate surface area is 219 Å². The van der Waals surface area contributed by atoms with E-state index >= 15 is 0 Å². The van der Waals surface area contributed by atoms with Crippen molar-refractivity contribution in [3.63, 3.8) is 0 Å². The number of rotatable bonds is 5. The summed E-state index contributed by atoms with van der Waals surface area (Å²) >= 11 is 0. The van der Waals surface area contributed by atoms with E-state index in [9.17, 15) is 8.78 Å². The van der Waals surface area contributed by atoms with Crippen LogP contribution in [0.4, 0.5) is 14.5 Å². The first-order chi connectivity index (χ1) is 18.5. The van der Waals surface area contributed by atoms with E-state index in [1.165, 1.54) is 11.6 Å². The second-order valence-electron chi connectivity index (χ2n) is 9.71. The van der Waals surface area contributed by atoms with E-state index in [1.54, 1.807) is 6.20 Å². The van der Waals surface area contributed by atoms with Crippen LogP contribution in [0.25, 0.3) is 33.5 Å². The van der Waals surface area contributed by atoms with Crippen LogP contribution in [0, 0.1) is 25.5 Å². The quantitative estimate of drug-likeness (QED) is 0.281. The molecule has 0 spiro atoms. The van der Waals surface area contributed by atoms with Crippen LogP contribution in [0.15, 0.2) is 71.4 Å². The van der Waals surface area contributed by atoms with E-state index in [4.69, 9.17) is 4.52 Å². The minimum atomic E-state index is -0.469. The molecule has 0 N–H and O–H groups in total. The SMILES string of the molecule is Cc1cccc(-c2nc(CN3CCN(c4ccnc5cc(-c6cc(F)ccc6F)ccc45)CC3)no2)c1C. The maximum absolute atomic E-state index is 14.3. The minimum absolute atomic E-state index is 0.231. The molecule has 1 aliphatic rings. The Morgan fingerprint density at radius 3 is 2.58 bits per heavy atom. The third-order valence-electron chi connectivity index (χ3n) is 7.34. The summed E-state index contributed by atoms with van der Waals surface area (Å²) in [4.78, 5) is 13.8. The molecule has 1 fully saturated rings. The van der Waals surface area contributed by atoms with Crippen LogP contribution in [0.2, 0.25) is 0 Å². The van der Waals surface area contributed by atoms with Crippen LogP contribution < -0.4 is 4.90 Å². The smallest absolute Gasteiger partial charge is 0.258 e. The summed E-state index contributed by atoms with van der Waals surface area (Å²) in [5.74, 6) is 0.311. The highest BCUT2D eigenvalue weighted by molar-refractivity contribution is 5.94. The zero-order valence-electron chi connectivity index (χ0n) is 21.3. The summed E-state index contributed by atoms with van der Waals surface area (Å²) in [7, 11) is 0. The lowest BCUT2D eigenvalue weighted by Crippen LogP contribution is -2.46. The Hall–Kier alpha value is -4.17. The molecule has 8 heteroatoms. The number of aryl methyl sites for hydroxylation is 1. The van der Waals surface area contributed by atoms with Gasteiger partial charge in [-0.25, -0.2) is 8.78 Å². The number of nitrogens with zero attached hydrogens (tertiary/aromatic N) is 5. The standard InChI is InChI=1S/C30H27F2N5O/c1-19-4-3-5-23(20(19)2)30-34-29(35-38-30)18-36-12-14-37(15-13-36)28-10-11-33-27-16-21(6-8-24(27)28)25-17-22(31)7-9-26(25)32/h3-11,16-17H,12-15,18H2,1-2H3. The third kappa shape index (κ3) is 4.63. The summed E-state index contributed by atoms with van der Waals surface area (Å²) in [6.45, 7) is 8.14. The number of anilines is 1. The summed E-state index contributed by atoms with van der Waals surface area (Å²) < 4.78 is 33.6. The fourth-order valence-electron chi connectivity index (χ4n) is 5.05. The summed E-state index contributed by atoms with van der Waals surface area (Å²) in [5, 5.41) is 5.20. The number of hydrogen-bond acceptors (Lipinski definition) is 6. The molecule has 6 nitrogen and oxygen atoms in total. The van der Waals surface area contributed by atoms with E-state index in [0.29, 0.717) is 23.8 Å². The van der Waals surface area contributed by atoms with E-state index in [1.807, 2.05) is 36.4 Å². The Balaban J connectivity index is 1.15. The molecule has 5 aromatic rings. The lowest BCUT2D eigenvalue weighted by Gasteiger charge is -2.36. The molecule has 3 aromatic carbocycles. The monoisotopic (exact) mass is 511 g/mol. The van der Waals surface area contributed by atoms with Crippen LogP contribution in [-0.4, -0.2) is 46.2 Å². The number of aromatic nitrogens is 3. The highest BCUT2D eigenvalue weighted by atomic mass is 19.1. The van der Waals surface area contributed by atoms with Gasteiger partial charge in [0.1, 0.15) is 11.6 Å². The third-order valence-corrected chi connectivity index (χ3v) is 7.34. The van der Waals surface area contributed by atoms with E-state index < -0.39 is 11.6 Å². The van der Waals surface area contributed by atoms with Gasteiger partial charge in [0.05, 0.1) is 12.1 Å². The van der Waals surface area contributed by atoms with Crippen molar-refractivity contribution in [2.24, 2.45) is 0 Å². The molecular weight excluding hydrogens is 484 g/mol. The number of halogens is 2. The highest BCUT2D eigenvalue weighted by Crippen LogP contribution is 2.32. The average molecular weight is 512 g/mol. The van der Waals surface area contributed by atoms with Crippen molar-refractivity contribution in [2.75, 3.05) is 31.1 Å². The number of piperazine rings is 1. The zero-order valence-corrected chi connectivity index (χ0v) is 21.3. The first kappa shape index (κ1) is 24.2. The number of fused-ring (bicyclic) bond motifs is 1. The Morgan fingerprint density at radius 1 is 0.895 bits per heavy atom. The van der Waals surface area contributed by atoms with Gasteiger partial charge in [-0.2, -0.15) is 4.98 Å². The van der Waals surface area contributed by atoms with Gasteiger partial charge in [0.2, 0.25) is 0 Å². The molecule has 3 heterocycles. The molecule has 0 aliphatic carbocycles. The molecule has 1 aliphatic heterocycles. The van der Waals surface area contributed by atoms with Gasteiger partial charge in [0, 0.05) is 54.6 Å². The molecule has 2 aromatic heterocycles. The maximum Gasteiger partial charge on any atom is 0.258 e. The minimum Gasteiger partial charge on any atom is -0.368 e. The summed E-state index contributed by atoms with van der Waals surface area (Å²) in [6, 6.07) is 17.2.